The Morgan fingerprint density at radius 3 is 1.93 bits per heavy atom. The molecule has 0 saturated heterocycles. The van der Waals surface area contributed by atoms with Crippen LogP contribution in [0.1, 0.15) is 45.2 Å². The summed E-state index contributed by atoms with van der Waals surface area (Å²) in [5.41, 5.74) is 8.06. The molecule has 0 unspecified atom stereocenters. The van der Waals surface area contributed by atoms with Gasteiger partial charge in [0.15, 0.2) is 17.2 Å². The molecule has 2 aliphatic heterocycles. The lowest BCUT2D eigenvalue weighted by molar-refractivity contribution is 0.300. The molecule has 0 spiro atoms. The largest absolute Gasteiger partial charge is 0.455 e. The second-order valence-electron chi connectivity index (χ2n) is 14.1. The van der Waals surface area contributed by atoms with Crippen LogP contribution in [0.2, 0.25) is 10.0 Å². The number of fused-ring (bicyclic) bond motifs is 10. The molecule has 9 rings (SSSR count). The highest BCUT2D eigenvalue weighted by Gasteiger charge is 2.33. The van der Waals surface area contributed by atoms with Gasteiger partial charge in [0.1, 0.15) is 16.5 Å². The van der Waals surface area contributed by atoms with E-state index in [9.17, 15) is 8.42 Å². The first-order valence-electron chi connectivity index (χ1n) is 19.0. The monoisotopic (exact) mass is 797 g/mol. The zero-order valence-electron chi connectivity index (χ0n) is 31.7. The molecule has 0 aliphatic carbocycles. The second kappa shape index (κ2) is 14.9. The molecule has 12 heteroatoms. The predicted molar refractivity (Wildman–Crippen MR) is 228 cm³/mol. The lowest BCUT2D eigenvalue weighted by Crippen LogP contribution is -2.29. The average molecular weight is 799 g/mol. The minimum Gasteiger partial charge on any atom is -0.455 e. The summed E-state index contributed by atoms with van der Waals surface area (Å²) in [6.45, 7) is 13.8. The predicted octanol–water partition coefficient (Wildman–Crippen LogP) is 11.1. The van der Waals surface area contributed by atoms with E-state index in [1.807, 2.05) is 0 Å². The van der Waals surface area contributed by atoms with Crippen LogP contribution in [0.3, 0.4) is 0 Å². The van der Waals surface area contributed by atoms with E-state index in [1.54, 1.807) is 0 Å². The second-order valence-corrected chi connectivity index (χ2v) is 16.6. The SMILES string of the molecule is CCN(CC)CCCNS(C)(=O)=O.CCn1c2ccccc2c2cc3c(cc21)Oc1c(Cl)c2c(c(Cl)c1C3)Oc1cc3c(cc1N2)c1ccccc1n3CC. The molecular formula is C43H45Cl2N5O4S. The van der Waals surface area contributed by atoms with Crippen LogP contribution in [-0.4, -0.2) is 54.9 Å². The number of anilines is 2. The van der Waals surface area contributed by atoms with Crippen LogP contribution in [-0.2, 0) is 29.5 Å². The third kappa shape index (κ3) is 6.68. The molecule has 2 aliphatic rings. The fraction of sp³-hybridized carbons (Fsp3) is 0.302. The molecule has 5 aromatic carbocycles. The Kier molecular flexibility index (Phi) is 10.1. The first-order valence-corrected chi connectivity index (χ1v) is 21.6. The number of sulfonamides is 1. The van der Waals surface area contributed by atoms with Crippen LogP contribution in [0.4, 0.5) is 11.4 Å². The Hall–Kier alpha value is -4.45. The summed E-state index contributed by atoms with van der Waals surface area (Å²) in [7, 11) is -3.00. The van der Waals surface area contributed by atoms with Crippen molar-refractivity contribution in [3.8, 4) is 23.0 Å². The molecule has 4 heterocycles. The van der Waals surface area contributed by atoms with E-state index >= 15 is 0 Å². The minimum absolute atomic E-state index is 0.466. The molecule has 0 radical (unpaired) electrons. The van der Waals surface area contributed by atoms with Gasteiger partial charge in [0, 0.05) is 81.9 Å². The Balaban J connectivity index is 0.000000285. The highest BCUT2D eigenvalue weighted by Crippen LogP contribution is 2.58. The summed E-state index contributed by atoms with van der Waals surface area (Å²) < 4.78 is 41.6. The van der Waals surface area contributed by atoms with Gasteiger partial charge in [-0.2, -0.15) is 0 Å². The number of aromatic nitrogens is 2. The number of nitrogens with zero attached hydrogens (tertiary/aromatic N) is 3. The van der Waals surface area contributed by atoms with Crippen LogP contribution >= 0.6 is 23.2 Å². The number of halogens is 2. The molecule has 0 saturated carbocycles. The average Bonchev–Trinajstić information content (AvgIpc) is 3.67. The maximum Gasteiger partial charge on any atom is 0.208 e. The molecule has 55 heavy (non-hydrogen) atoms. The van der Waals surface area contributed by atoms with Crippen molar-refractivity contribution in [2.45, 2.75) is 53.6 Å². The molecular weight excluding hydrogens is 753 g/mol. The Labute approximate surface area is 331 Å². The van der Waals surface area contributed by atoms with E-state index in [0.29, 0.717) is 40.2 Å². The van der Waals surface area contributed by atoms with Gasteiger partial charge in [-0.05, 0) is 64.2 Å². The quantitative estimate of drug-likeness (QED) is 0.141. The van der Waals surface area contributed by atoms with Crippen LogP contribution in [0.15, 0.2) is 72.8 Å². The van der Waals surface area contributed by atoms with E-state index < -0.39 is 10.0 Å². The van der Waals surface area contributed by atoms with Crippen molar-refractivity contribution in [1.29, 1.82) is 0 Å². The number of para-hydroxylation sites is 2. The van der Waals surface area contributed by atoms with Crippen LogP contribution in [0, 0.1) is 0 Å². The zero-order valence-corrected chi connectivity index (χ0v) is 34.1. The van der Waals surface area contributed by atoms with E-state index in [4.69, 9.17) is 32.7 Å². The Morgan fingerprint density at radius 1 is 0.745 bits per heavy atom. The third-order valence-corrected chi connectivity index (χ3v) is 12.3. The van der Waals surface area contributed by atoms with Crippen molar-refractivity contribution in [1.82, 2.24) is 18.8 Å². The van der Waals surface area contributed by atoms with Gasteiger partial charge in [0.05, 0.1) is 28.0 Å². The number of aryl methyl sites for hydroxylation is 2. The van der Waals surface area contributed by atoms with Crippen molar-refractivity contribution in [2.24, 2.45) is 0 Å². The van der Waals surface area contributed by atoms with Gasteiger partial charge < -0.3 is 28.8 Å². The van der Waals surface area contributed by atoms with Gasteiger partial charge in [-0.3, -0.25) is 0 Å². The summed E-state index contributed by atoms with van der Waals surface area (Å²) in [6, 6.07) is 25.6. The van der Waals surface area contributed by atoms with Crippen LogP contribution < -0.4 is 19.5 Å². The number of ether oxygens (including phenoxy) is 2. The molecule has 286 valence electrons. The van der Waals surface area contributed by atoms with E-state index in [-0.39, 0.29) is 0 Å². The highest BCUT2D eigenvalue weighted by molar-refractivity contribution is 7.88. The van der Waals surface area contributed by atoms with E-state index in [1.165, 1.54) is 33.4 Å². The maximum atomic E-state index is 10.7. The summed E-state index contributed by atoms with van der Waals surface area (Å²) in [5, 5.41) is 9.32. The number of nitrogens with one attached hydrogen (secondary N) is 2. The highest BCUT2D eigenvalue weighted by atomic mass is 35.5. The van der Waals surface area contributed by atoms with Crippen molar-refractivity contribution >= 4 is 88.2 Å². The lowest BCUT2D eigenvalue weighted by atomic mass is 9.97. The first-order chi connectivity index (χ1) is 26.5. The third-order valence-electron chi connectivity index (χ3n) is 10.8. The Bertz CT molecular complexity index is 2570. The van der Waals surface area contributed by atoms with E-state index in [0.717, 1.165) is 83.9 Å². The standard InChI is InChI=1S/C35H25Cl2N3O2.C8H20N2O2S/c1-3-39-25-11-7-5-9-19(25)21-13-18-14-23-31(36)35-33(32(37)34(23)41-29(18)16-27(21)39)38-24-15-22-20-10-6-8-12-26(20)40(4-2)28(22)17-30(24)42-35;1-4-10(5-2)8-6-7-9-13(3,11)12/h5-13,15-17,38H,3-4,14H2,1-2H3;9H,4-8H2,1-3H3. The molecule has 0 atom stereocenters. The minimum atomic E-state index is -3.00. The summed E-state index contributed by atoms with van der Waals surface area (Å²) in [5.74, 6) is 2.63. The summed E-state index contributed by atoms with van der Waals surface area (Å²) in [4.78, 5) is 2.27. The van der Waals surface area contributed by atoms with Gasteiger partial charge in [0.2, 0.25) is 10.0 Å². The van der Waals surface area contributed by atoms with Crippen LogP contribution in [0.5, 0.6) is 23.0 Å². The summed E-state index contributed by atoms with van der Waals surface area (Å²) in [6.07, 6.45) is 2.65. The number of rotatable bonds is 9. The fourth-order valence-corrected chi connectivity index (χ4v) is 9.19. The normalized spacial score (nSPS) is 13.2. The van der Waals surface area contributed by atoms with Gasteiger partial charge in [-0.15, -0.1) is 0 Å². The fourth-order valence-electron chi connectivity index (χ4n) is 8.10. The van der Waals surface area contributed by atoms with Crippen molar-refractivity contribution in [3.05, 3.63) is 94.0 Å². The molecule has 9 nitrogen and oxygen atoms in total. The number of benzene rings is 5. The molecule has 0 bridgehead atoms. The van der Waals surface area contributed by atoms with Crippen LogP contribution in [0.25, 0.3) is 43.6 Å². The maximum absolute atomic E-state index is 10.7. The van der Waals surface area contributed by atoms with Gasteiger partial charge in [-0.25, -0.2) is 13.1 Å². The van der Waals surface area contributed by atoms with Gasteiger partial charge in [-0.1, -0.05) is 73.4 Å². The van der Waals surface area contributed by atoms with E-state index in [2.05, 4.69) is 125 Å². The van der Waals surface area contributed by atoms with Crippen molar-refractivity contribution in [2.75, 3.05) is 37.8 Å². The van der Waals surface area contributed by atoms with Crippen molar-refractivity contribution in [3.63, 3.8) is 0 Å². The topological polar surface area (TPSA) is 89.8 Å². The Morgan fingerprint density at radius 2 is 1.33 bits per heavy atom. The van der Waals surface area contributed by atoms with Gasteiger partial charge >= 0.3 is 0 Å². The smallest absolute Gasteiger partial charge is 0.208 e. The molecule has 7 aromatic rings. The molecule has 0 fully saturated rings. The number of hydrogen-bond donors (Lipinski definition) is 2. The molecule has 2 aromatic heterocycles. The first kappa shape index (κ1) is 37.5. The zero-order chi connectivity index (χ0) is 38.6. The molecule has 0 amide bonds. The number of hydrogen-bond acceptors (Lipinski definition) is 6. The van der Waals surface area contributed by atoms with Crippen molar-refractivity contribution < 1.29 is 17.9 Å². The lowest BCUT2D eigenvalue weighted by Gasteiger charge is -2.29. The molecule has 2 N–H and O–H groups in total. The van der Waals surface area contributed by atoms with Gasteiger partial charge in [0.25, 0.3) is 0 Å². The summed E-state index contributed by atoms with van der Waals surface area (Å²) >= 11 is 14.2.